The van der Waals surface area contributed by atoms with Crippen LogP contribution in [0.2, 0.25) is 10.2 Å². The number of unbranched alkanes of at least 4 members (excludes halogenated alkanes) is 1. The number of nitrogens with one attached hydrogen (secondary N) is 2. The Bertz CT molecular complexity index is 581. The van der Waals surface area contributed by atoms with Gasteiger partial charge in [-0.2, -0.15) is 0 Å². The lowest BCUT2D eigenvalue weighted by molar-refractivity contribution is 0.568. The van der Waals surface area contributed by atoms with Crippen molar-refractivity contribution in [1.29, 1.82) is 0 Å². The van der Waals surface area contributed by atoms with Crippen molar-refractivity contribution in [3.8, 4) is 0 Å². The van der Waals surface area contributed by atoms with E-state index in [0.29, 0.717) is 11.7 Å². The molecule has 0 aliphatic heterocycles. The maximum Gasteiger partial charge on any atom is 0.151 e. The van der Waals surface area contributed by atoms with E-state index in [-0.39, 0.29) is 6.04 Å². The maximum absolute atomic E-state index is 6.18. The average Bonchev–Trinajstić information content (AvgIpc) is 2.83. The third kappa shape index (κ3) is 4.73. The van der Waals surface area contributed by atoms with Crippen LogP contribution in [-0.4, -0.2) is 9.97 Å². The molecule has 0 aliphatic rings. The Morgan fingerprint density at radius 3 is 2.86 bits per heavy atom. The lowest BCUT2D eigenvalue weighted by Crippen LogP contribution is -2.18. The summed E-state index contributed by atoms with van der Waals surface area (Å²) in [5.41, 5.74) is 2.10. The first-order chi connectivity index (χ1) is 10.1. The minimum absolute atomic E-state index is 0.196. The number of aryl methyl sites for hydroxylation is 1. The molecule has 0 bridgehead atoms. The first kappa shape index (κ1) is 16.3. The number of nitrogens with zero attached hydrogens (tertiary/aromatic N) is 1. The van der Waals surface area contributed by atoms with Crippen LogP contribution in [0, 0.1) is 0 Å². The number of benzene rings is 1. The largest absolute Gasteiger partial charge is 0.344 e. The summed E-state index contributed by atoms with van der Waals surface area (Å²) in [6.45, 7) is 4.93. The van der Waals surface area contributed by atoms with Crippen LogP contribution in [0.15, 0.2) is 24.3 Å². The summed E-state index contributed by atoms with van der Waals surface area (Å²) in [7, 11) is 0. The van der Waals surface area contributed by atoms with E-state index in [2.05, 4.69) is 35.2 Å². The van der Waals surface area contributed by atoms with Crippen LogP contribution < -0.4 is 5.32 Å². The molecule has 0 aliphatic carbocycles. The maximum atomic E-state index is 6.18. The topological polar surface area (TPSA) is 40.7 Å². The molecule has 1 aromatic heterocycles. The van der Waals surface area contributed by atoms with Gasteiger partial charge in [-0.15, -0.1) is 0 Å². The van der Waals surface area contributed by atoms with Crippen LogP contribution in [0.3, 0.4) is 0 Å². The minimum atomic E-state index is 0.196. The van der Waals surface area contributed by atoms with Gasteiger partial charge < -0.3 is 10.3 Å². The molecule has 3 nitrogen and oxygen atoms in total. The Balaban J connectivity index is 1.94. The van der Waals surface area contributed by atoms with E-state index in [1.165, 1.54) is 0 Å². The standard InChI is InChI=1S/C16H21Cl2N3/c1-3-4-8-15-20-14(16(18)21-15)10-19-11(2)12-6-5-7-13(17)9-12/h5-7,9,11,19H,3-4,8,10H2,1-2H3,(H,20,21). The van der Waals surface area contributed by atoms with E-state index in [1.54, 1.807) is 0 Å². The monoisotopic (exact) mass is 325 g/mol. The van der Waals surface area contributed by atoms with Gasteiger partial charge in [0.1, 0.15) is 5.82 Å². The predicted molar refractivity (Wildman–Crippen MR) is 88.9 cm³/mol. The van der Waals surface area contributed by atoms with Gasteiger partial charge in [0, 0.05) is 24.0 Å². The molecule has 0 amide bonds. The molecular formula is C16H21Cl2N3. The Morgan fingerprint density at radius 1 is 1.33 bits per heavy atom. The summed E-state index contributed by atoms with van der Waals surface area (Å²) >= 11 is 12.2. The molecule has 5 heteroatoms. The summed E-state index contributed by atoms with van der Waals surface area (Å²) in [6.07, 6.45) is 3.22. The summed E-state index contributed by atoms with van der Waals surface area (Å²) in [5.74, 6) is 0.967. The van der Waals surface area contributed by atoms with Crippen LogP contribution >= 0.6 is 23.2 Å². The zero-order valence-corrected chi connectivity index (χ0v) is 13.9. The molecule has 1 atom stereocenters. The number of halogens is 2. The van der Waals surface area contributed by atoms with Gasteiger partial charge in [-0.1, -0.05) is 48.7 Å². The molecule has 114 valence electrons. The normalized spacial score (nSPS) is 12.6. The van der Waals surface area contributed by atoms with Crippen molar-refractivity contribution in [2.45, 2.75) is 45.7 Å². The Kier molecular flexibility index (Phi) is 6.09. The van der Waals surface area contributed by atoms with Crippen molar-refractivity contribution in [3.63, 3.8) is 0 Å². The van der Waals surface area contributed by atoms with Gasteiger partial charge in [-0.05, 0) is 31.0 Å². The Morgan fingerprint density at radius 2 is 2.14 bits per heavy atom. The molecule has 0 radical (unpaired) electrons. The molecule has 2 aromatic rings. The summed E-state index contributed by atoms with van der Waals surface area (Å²) in [6, 6.07) is 8.07. The van der Waals surface area contributed by atoms with E-state index in [4.69, 9.17) is 23.2 Å². The zero-order chi connectivity index (χ0) is 15.2. The summed E-state index contributed by atoms with van der Waals surface area (Å²) < 4.78 is 0. The van der Waals surface area contributed by atoms with Crippen LogP contribution in [-0.2, 0) is 13.0 Å². The number of H-pyrrole nitrogens is 1. The van der Waals surface area contributed by atoms with E-state index in [1.807, 2.05) is 18.2 Å². The molecule has 0 spiro atoms. The second kappa shape index (κ2) is 7.83. The third-order valence-electron chi connectivity index (χ3n) is 3.48. The van der Waals surface area contributed by atoms with Crippen molar-refractivity contribution < 1.29 is 0 Å². The van der Waals surface area contributed by atoms with Gasteiger partial charge in [-0.25, -0.2) is 4.98 Å². The lowest BCUT2D eigenvalue weighted by Gasteiger charge is -2.14. The smallest absolute Gasteiger partial charge is 0.151 e. The first-order valence-electron chi connectivity index (χ1n) is 7.32. The number of hydrogen-bond acceptors (Lipinski definition) is 2. The van der Waals surface area contributed by atoms with E-state index >= 15 is 0 Å². The van der Waals surface area contributed by atoms with Crippen molar-refractivity contribution in [2.75, 3.05) is 0 Å². The number of rotatable bonds is 7. The fourth-order valence-electron chi connectivity index (χ4n) is 2.17. The van der Waals surface area contributed by atoms with Gasteiger partial charge in [0.25, 0.3) is 0 Å². The van der Waals surface area contributed by atoms with Gasteiger partial charge in [0.2, 0.25) is 0 Å². The average molecular weight is 326 g/mol. The second-order valence-corrected chi connectivity index (χ2v) is 6.01. The second-order valence-electron chi connectivity index (χ2n) is 5.21. The predicted octanol–water partition coefficient (Wildman–Crippen LogP) is 4.91. The summed E-state index contributed by atoms with van der Waals surface area (Å²) in [5, 5.41) is 4.75. The highest BCUT2D eigenvalue weighted by molar-refractivity contribution is 6.30. The number of imidazole rings is 1. The molecule has 1 heterocycles. The van der Waals surface area contributed by atoms with Crippen LogP contribution in [0.4, 0.5) is 0 Å². The van der Waals surface area contributed by atoms with E-state index < -0.39 is 0 Å². The van der Waals surface area contributed by atoms with Gasteiger partial charge in [-0.3, -0.25) is 0 Å². The highest BCUT2D eigenvalue weighted by Crippen LogP contribution is 2.19. The molecule has 2 N–H and O–H groups in total. The number of aromatic amines is 1. The molecule has 0 saturated heterocycles. The minimum Gasteiger partial charge on any atom is -0.344 e. The fourth-order valence-corrected chi connectivity index (χ4v) is 2.58. The number of hydrogen-bond donors (Lipinski definition) is 2. The molecule has 21 heavy (non-hydrogen) atoms. The van der Waals surface area contributed by atoms with Crippen molar-refractivity contribution in [3.05, 3.63) is 51.5 Å². The van der Waals surface area contributed by atoms with Gasteiger partial charge in [0.05, 0.1) is 5.69 Å². The molecule has 1 aromatic carbocycles. The first-order valence-corrected chi connectivity index (χ1v) is 8.07. The molecular weight excluding hydrogens is 305 g/mol. The molecule has 1 unspecified atom stereocenters. The highest BCUT2D eigenvalue weighted by Gasteiger charge is 2.10. The Labute approximate surface area is 136 Å². The SMILES string of the molecule is CCCCc1nc(Cl)c(CNC(C)c2cccc(Cl)c2)[nH]1. The van der Waals surface area contributed by atoms with Crippen molar-refractivity contribution in [1.82, 2.24) is 15.3 Å². The van der Waals surface area contributed by atoms with Crippen LogP contribution in [0.25, 0.3) is 0 Å². The van der Waals surface area contributed by atoms with Crippen molar-refractivity contribution >= 4 is 23.2 Å². The molecule has 0 saturated carbocycles. The highest BCUT2D eigenvalue weighted by atomic mass is 35.5. The van der Waals surface area contributed by atoms with Crippen molar-refractivity contribution in [2.24, 2.45) is 0 Å². The van der Waals surface area contributed by atoms with Crippen LogP contribution in [0.1, 0.15) is 49.8 Å². The fraction of sp³-hybridized carbons (Fsp3) is 0.438. The Hall–Kier alpha value is -1.03. The number of aromatic nitrogens is 2. The molecule has 2 rings (SSSR count). The molecule has 0 fully saturated rings. The van der Waals surface area contributed by atoms with E-state index in [9.17, 15) is 0 Å². The van der Waals surface area contributed by atoms with Gasteiger partial charge >= 0.3 is 0 Å². The summed E-state index contributed by atoms with van der Waals surface area (Å²) in [4.78, 5) is 7.66. The van der Waals surface area contributed by atoms with Crippen LogP contribution in [0.5, 0.6) is 0 Å². The van der Waals surface area contributed by atoms with E-state index in [0.717, 1.165) is 41.4 Å². The lowest BCUT2D eigenvalue weighted by atomic mass is 10.1. The zero-order valence-electron chi connectivity index (χ0n) is 12.4. The van der Waals surface area contributed by atoms with Gasteiger partial charge in [0.15, 0.2) is 5.15 Å². The quantitative estimate of drug-likeness (QED) is 0.759. The third-order valence-corrected chi connectivity index (χ3v) is 4.03.